The number of rotatable bonds is 11. The number of carbonyl (C=O) groups excluding carboxylic acids is 1. The van der Waals surface area contributed by atoms with Crippen molar-refractivity contribution in [1.82, 2.24) is 5.32 Å². The van der Waals surface area contributed by atoms with Crippen LogP contribution >= 0.6 is 0 Å². The number of hydrogen-bond acceptors (Lipinski definition) is 3. The summed E-state index contributed by atoms with van der Waals surface area (Å²) >= 11 is 0. The van der Waals surface area contributed by atoms with Gasteiger partial charge in [0.05, 0.1) is 5.75 Å². The zero-order valence-corrected chi connectivity index (χ0v) is 18.0. The van der Waals surface area contributed by atoms with Crippen LogP contribution in [0.25, 0.3) is 0 Å². The lowest BCUT2D eigenvalue weighted by Gasteiger charge is -2.42. The van der Waals surface area contributed by atoms with Crippen LogP contribution in [-0.4, -0.2) is 30.7 Å². The van der Waals surface area contributed by atoms with E-state index in [4.69, 9.17) is 0 Å². The Morgan fingerprint density at radius 1 is 1.33 bits per heavy atom. The lowest BCUT2D eigenvalue weighted by atomic mass is 9.69. The molecule has 156 valence electrons. The molecule has 2 saturated carbocycles. The Balaban J connectivity index is 2.11. The molecule has 2 rings (SSSR count). The predicted molar refractivity (Wildman–Crippen MR) is 109 cm³/mol. The van der Waals surface area contributed by atoms with E-state index < -0.39 is 15.5 Å². The van der Waals surface area contributed by atoms with Crippen molar-refractivity contribution in [2.45, 2.75) is 84.6 Å². The molecule has 2 fully saturated rings. The van der Waals surface area contributed by atoms with Crippen LogP contribution in [-0.2, 0) is 14.9 Å². The SMILES string of the molecule is C=CC[C@H](CCCCCC)C(=O)N[C@@H]1C[C@H]2CC[C@]1(CS(=O)(=O)O)C2(C)C. The molecule has 2 aliphatic rings. The third kappa shape index (κ3) is 4.76. The monoisotopic (exact) mass is 399 g/mol. The molecule has 27 heavy (non-hydrogen) atoms. The summed E-state index contributed by atoms with van der Waals surface area (Å²) in [6, 6.07) is -0.191. The molecule has 0 spiro atoms. The highest BCUT2D eigenvalue weighted by atomic mass is 32.2. The first-order valence-electron chi connectivity index (χ1n) is 10.4. The molecule has 0 unspecified atom stereocenters. The van der Waals surface area contributed by atoms with Crippen molar-refractivity contribution in [3.05, 3.63) is 12.7 Å². The highest BCUT2D eigenvalue weighted by Gasteiger charge is 2.65. The predicted octanol–water partition coefficient (Wildman–Crippen LogP) is 4.35. The standard InChI is InChI=1S/C21H37NO4S/c1-5-7-8-9-11-16(10-6-2)19(23)22-18-14-17-12-13-21(18,20(17,3)4)15-27(24,25)26/h6,16-18H,2,5,7-15H2,1,3-4H3,(H,22,23)(H,24,25,26)/t16-,17-,18-,21-/m1/s1. The van der Waals surface area contributed by atoms with E-state index in [9.17, 15) is 17.8 Å². The first kappa shape index (κ1) is 22.4. The number of nitrogens with one attached hydrogen (secondary N) is 1. The van der Waals surface area contributed by atoms with Crippen molar-refractivity contribution in [3.8, 4) is 0 Å². The second-order valence-electron chi connectivity index (χ2n) is 9.21. The van der Waals surface area contributed by atoms with Gasteiger partial charge >= 0.3 is 0 Å². The minimum Gasteiger partial charge on any atom is -0.352 e. The van der Waals surface area contributed by atoms with Crippen LogP contribution in [0.1, 0.15) is 78.6 Å². The zero-order chi connectivity index (χ0) is 20.3. The molecule has 0 aromatic rings. The van der Waals surface area contributed by atoms with Gasteiger partial charge in [0.1, 0.15) is 0 Å². The Morgan fingerprint density at radius 2 is 2.04 bits per heavy atom. The molecule has 0 aromatic carbocycles. The molecular weight excluding hydrogens is 362 g/mol. The molecule has 2 N–H and O–H groups in total. The Labute approximate surface area is 165 Å². The van der Waals surface area contributed by atoms with Crippen LogP contribution in [0.4, 0.5) is 0 Å². The average Bonchev–Trinajstić information content (AvgIpc) is 2.90. The van der Waals surface area contributed by atoms with Gasteiger partial charge in [0.2, 0.25) is 5.91 Å². The number of fused-ring (bicyclic) bond motifs is 2. The van der Waals surface area contributed by atoms with Gasteiger partial charge in [0, 0.05) is 17.4 Å². The normalized spacial score (nSPS) is 30.2. The molecule has 0 saturated heterocycles. The lowest BCUT2D eigenvalue weighted by Crippen LogP contribution is -2.53. The van der Waals surface area contributed by atoms with E-state index in [1.54, 1.807) is 6.08 Å². The van der Waals surface area contributed by atoms with E-state index in [0.717, 1.165) is 44.9 Å². The summed E-state index contributed by atoms with van der Waals surface area (Å²) in [7, 11) is -4.11. The van der Waals surface area contributed by atoms with E-state index in [1.165, 1.54) is 6.42 Å². The number of unbranched alkanes of at least 4 members (excludes halogenated alkanes) is 3. The van der Waals surface area contributed by atoms with E-state index in [-0.39, 0.29) is 29.0 Å². The van der Waals surface area contributed by atoms with Crippen molar-refractivity contribution in [1.29, 1.82) is 0 Å². The number of carbonyl (C=O) groups is 1. The minimum atomic E-state index is -4.11. The van der Waals surface area contributed by atoms with Crippen molar-refractivity contribution < 1.29 is 17.8 Å². The summed E-state index contributed by atoms with van der Waals surface area (Å²) in [5.41, 5.74) is -0.794. The van der Waals surface area contributed by atoms with E-state index in [2.05, 4.69) is 32.7 Å². The molecular formula is C21H37NO4S. The molecule has 0 aromatic heterocycles. The second kappa shape index (κ2) is 8.64. The maximum Gasteiger partial charge on any atom is 0.265 e. The molecule has 1 amide bonds. The van der Waals surface area contributed by atoms with Gasteiger partial charge in [-0.1, -0.05) is 52.5 Å². The van der Waals surface area contributed by atoms with Gasteiger partial charge in [-0.15, -0.1) is 6.58 Å². The topological polar surface area (TPSA) is 83.5 Å². The summed E-state index contributed by atoms with van der Waals surface area (Å²) in [4.78, 5) is 13.0. The summed E-state index contributed by atoms with van der Waals surface area (Å²) in [5.74, 6) is 0.0164. The smallest absolute Gasteiger partial charge is 0.265 e. The van der Waals surface area contributed by atoms with E-state index in [1.807, 2.05) is 0 Å². The lowest BCUT2D eigenvalue weighted by molar-refractivity contribution is -0.127. The van der Waals surface area contributed by atoms with Crippen LogP contribution < -0.4 is 5.32 Å². The van der Waals surface area contributed by atoms with Gasteiger partial charge in [-0.25, -0.2) is 0 Å². The maximum atomic E-state index is 13.0. The highest BCUT2D eigenvalue weighted by molar-refractivity contribution is 7.85. The summed E-state index contributed by atoms with van der Waals surface area (Å²) < 4.78 is 33.1. The summed E-state index contributed by atoms with van der Waals surface area (Å²) in [5, 5.41) is 3.19. The van der Waals surface area contributed by atoms with Gasteiger partial charge in [0.25, 0.3) is 10.1 Å². The fourth-order valence-corrected chi connectivity index (χ4v) is 6.98. The Morgan fingerprint density at radius 3 is 2.59 bits per heavy atom. The van der Waals surface area contributed by atoms with Gasteiger partial charge in [-0.05, 0) is 43.4 Å². The van der Waals surface area contributed by atoms with Crippen molar-refractivity contribution in [2.24, 2.45) is 22.7 Å². The molecule has 0 heterocycles. The van der Waals surface area contributed by atoms with Crippen LogP contribution in [0.5, 0.6) is 0 Å². The summed E-state index contributed by atoms with van der Waals surface area (Å²) in [6.07, 6.45) is 10.3. The molecule has 6 heteroatoms. The zero-order valence-electron chi connectivity index (χ0n) is 17.2. The molecule has 0 aliphatic heterocycles. The Kier molecular flexibility index (Phi) is 7.17. The van der Waals surface area contributed by atoms with Gasteiger partial charge in [-0.3, -0.25) is 9.35 Å². The first-order valence-corrected chi connectivity index (χ1v) is 12.0. The summed E-state index contributed by atoms with van der Waals surface area (Å²) in [6.45, 7) is 10.1. The Hall–Kier alpha value is -0.880. The molecule has 0 radical (unpaired) electrons. The molecule has 2 bridgehead atoms. The third-order valence-electron chi connectivity index (χ3n) is 7.41. The second-order valence-corrected chi connectivity index (χ2v) is 10.7. The van der Waals surface area contributed by atoms with Crippen LogP contribution in [0.15, 0.2) is 12.7 Å². The Bertz CT molecular complexity index is 643. The fraction of sp³-hybridized carbons (Fsp3) is 0.857. The van der Waals surface area contributed by atoms with Crippen LogP contribution in [0.2, 0.25) is 0 Å². The average molecular weight is 400 g/mol. The minimum absolute atomic E-state index is 0.00876. The number of amides is 1. The molecule has 4 atom stereocenters. The van der Waals surface area contributed by atoms with Crippen LogP contribution in [0, 0.1) is 22.7 Å². The van der Waals surface area contributed by atoms with Crippen molar-refractivity contribution in [2.75, 3.05) is 5.75 Å². The van der Waals surface area contributed by atoms with E-state index in [0.29, 0.717) is 12.3 Å². The number of hydrogen-bond donors (Lipinski definition) is 2. The van der Waals surface area contributed by atoms with Gasteiger partial charge in [0.15, 0.2) is 0 Å². The molecule has 5 nitrogen and oxygen atoms in total. The highest BCUT2D eigenvalue weighted by Crippen LogP contribution is 2.66. The maximum absolute atomic E-state index is 13.0. The van der Waals surface area contributed by atoms with Gasteiger partial charge in [-0.2, -0.15) is 8.42 Å². The van der Waals surface area contributed by atoms with E-state index >= 15 is 0 Å². The largest absolute Gasteiger partial charge is 0.352 e. The number of allylic oxidation sites excluding steroid dienone is 1. The van der Waals surface area contributed by atoms with Gasteiger partial charge < -0.3 is 5.32 Å². The van der Waals surface area contributed by atoms with Crippen molar-refractivity contribution in [3.63, 3.8) is 0 Å². The van der Waals surface area contributed by atoms with Crippen molar-refractivity contribution >= 4 is 16.0 Å². The third-order valence-corrected chi connectivity index (χ3v) is 8.29. The molecule has 2 aliphatic carbocycles. The first-order chi connectivity index (χ1) is 12.6. The fourth-order valence-electron chi connectivity index (χ4n) is 5.61. The quantitative estimate of drug-likeness (QED) is 0.307. The van der Waals surface area contributed by atoms with Crippen LogP contribution in [0.3, 0.4) is 0 Å².